The van der Waals surface area contributed by atoms with Gasteiger partial charge in [-0.25, -0.2) is 4.79 Å². The van der Waals surface area contributed by atoms with Crippen LogP contribution in [0.2, 0.25) is 0 Å². The van der Waals surface area contributed by atoms with Gasteiger partial charge in [0.1, 0.15) is 6.54 Å². The lowest BCUT2D eigenvalue weighted by atomic mass is 9.98. The summed E-state index contributed by atoms with van der Waals surface area (Å²) in [5.74, 6) is -1.02. The normalized spacial score (nSPS) is 12.4. The average molecular weight is 298 g/mol. The van der Waals surface area contributed by atoms with Crippen LogP contribution in [-0.2, 0) is 4.79 Å². The highest BCUT2D eigenvalue weighted by Gasteiger charge is 2.35. The smallest absolute Gasteiger partial charge is 0.406 e. The Morgan fingerprint density at radius 1 is 1.25 bits per heavy atom. The van der Waals surface area contributed by atoms with Crippen LogP contribution < -0.4 is 5.32 Å². The Morgan fingerprint density at radius 3 is 2.10 bits per heavy atom. The monoisotopic (exact) mass is 298 g/mol. The Hall–Kier alpha value is -1.47. The van der Waals surface area contributed by atoms with E-state index in [1.54, 1.807) is 13.8 Å². The molecule has 0 saturated heterocycles. The minimum atomic E-state index is -4.48. The molecular formula is C12H21F3N2O3. The van der Waals surface area contributed by atoms with Gasteiger partial charge in [-0.05, 0) is 34.1 Å². The van der Waals surface area contributed by atoms with Gasteiger partial charge in [0.25, 0.3) is 0 Å². The average Bonchev–Trinajstić information content (AvgIpc) is 2.21. The number of nitrogens with one attached hydrogen (secondary N) is 1. The van der Waals surface area contributed by atoms with Crippen molar-refractivity contribution in [2.75, 3.05) is 6.54 Å². The molecule has 0 unspecified atom stereocenters. The molecule has 0 bridgehead atoms. The Bertz CT molecular complexity index is 354. The molecule has 2 N–H and O–H groups in total. The van der Waals surface area contributed by atoms with E-state index >= 15 is 0 Å². The van der Waals surface area contributed by atoms with Crippen LogP contribution in [0.1, 0.15) is 40.5 Å². The fraction of sp³-hybridized carbons (Fsp3) is 0.833. The molecule has 0 fully saturated rings. The van der Waals surface area contributed by atoms with E-state index in [-0.39, 0.29) is 12.8 Å². The Morgan fingerprint density at radius 2 is 1.75 bits per heavy atom. The van der Waals surface area contributed by atoms with Gasteiger partial charge < -0.3 is 15.3 Å². The third-order valence-corrected chi connectivity index (χ3v) is 2.64. The predicted molar refractivity (Wildman–Crippen MR) is 67.4 cm³/mol. The summed E-state index contributed by atoms with van der Waals surface area (Å²) in [7, 11) is 0. The summed E-state index contributed by atoms with van der Waals surface area (Å²) >= 11 is 0. The predicted octanol–water partition coefficient (Wildman–Crippen LogP) is 2.61. The van der Waals surface area contributed by atoms with Gasteiger partial charge in [0.15, 0.2) is 0 Å². The maximum Gasteiger partial charge on any atom is 0.406 e. The molecule has 5 nitrogen and oxygen atoms in total. The van der Waals surface area contributed by atoms with Crippen LogP contribution in [0.3, 0.4) is 0 Å². The van der Waals surface area contributed by atoms with Crippen molar-refractivity contribution in [1.29, 1.82) is 0 Å². The maximum atomic E-state index is 12.4. The highest BCUT2D eigenvalue weighted by molar-refractivity contribution is 5.75. The first-order valence-electron chi connectivity index (χ1n) is 6.21. The third-order valence-electron chi connectivity index (χ3n) is 2.64. The van der Waals surface area contributed by atoms with Crippen LogP contribution >= 0.6 is 0 Å². The van der Waals surface area contributed by atoms with E-state index < -0.39 is 36.3 Å². The summed E-state index contributed by atoms with van der Waals surface area (Å²) in [6, 6.07) is -1.47. The van der Waals surface area contributed by atoms with E-state index in [0.29, 0.717) is 4.90 Å². The number of urea groups is 1. The van der Waals surface area contributed by atoms with E-state index in [4.69, 9.17) is 5.11 Å². The summed E-state index contributed by atoms with van der Waals surface area (Å²) < 4.78 is 37.2. The molecule has 0 aromatic rings. The zero-order valence-electron chi connectivity index (χ0n) is 12.0. The first-order chi connectivity index (χ1) is 8.84. The standard InChI is InChI=1S/C12H21F3N2O3/c1-8(2)17(7-12(13,14)15)10(20)16-11(3,4)6-5-9(18)19/h8H,5-7H2,1-4H3,(H,16,20)(H,18,19). The maximum absolute atomic E-state index is 12.4. The molecule has 2 amide bonds. The third kappa shape index (κ3) is 7.85. The van der Waals surface area contributed by atoms with Crippen LogP contribution in [-0.4, -0.2) is 46.3 Å². The number of carboxylic acid groups (broad SMARTS) is 1. The van der Waals surface area contributed by atoms with Crippen LogP contribution in [0, 0.1) is 0 Å². The van der Waals surface area contributed by atoms with Gasteiger partial charge in [-0.3, -0.25) is 4.79 Å². The van der Waals surface area contributed by atoms with E-state index in [0.717, 1.165) is 0 Å². The second kappa shape index (κ2) is 6.81. The Labute approximate surface area is 116 Å². The molecule has 0 saturated carbocycles. The first kappa shape index (κ1) is 18.5. The summed E-state index contributed by atoms with van der Waals surface area (Å²) in [6.07, 6.45) is -4.52. The number of hydrogen-bond donors (Lipinski definition) is 2. The Kier molecular flexibility index (Phi) is 6.31. The van der Waals surface area contributed by atoms with Crippen molar-refractivity contribution < 1.29 is 27.9 Å². The van der Waals surface area contributed by atoms with Gasteiger partial charge in [-0.1, -0.05) is 0 Å². The van der Waals surface area contributed by atoms with Crippen LogP contribution in [0.15, 0.2) is 0 Å². The molecule has 0 aliphatic carbocycles. The summed E-state index contributed by atoms with van der Waals surface area (Å²) in [5.41, 5.74) is -0.895. The number of alkyl halides is 3. The molecule has 8 heteroatoms. The van der Waals surface area contributed by atoms with Crippen LogP contribution in [0.5, 0.6) is 0 Å². The molecule has 0 radical (unpaired) electrons. The van der Waals surface area contributed by atoms with Crippen molar-refractivity contribution in [2.45, 2.75) is 58.3 Å². The van der Waals surface area contributed by atoms with Gasteiger partial charge in [-0.2, -0.15) is 13.2 Å². The largest absolute Gasteiger partial charge is 0.481 e. The van der Waals surface area contributed by atoms with E-state index in [9.17, 15) is 22.8 Å². The number of nitrogens with zero attached hydrogens (tertiary/aromatic N) is 1. The number of aliphatic carboxylic acids is 1. The zero-order chi connectivity index (χ0) is 16.1. The molecule has 20 heavy (non-hydrogen) atoms. The van der Waals surface area contributed by atoms with Crippen LogP contribution in [0.4, 0.5) is 18.0 Å². The number of amides is 2. The fourth-order valence-corrected chi connectivity index (χ4v) is 1.53. The number of rotatable bonds is 6. The number of carbonyl (C=O) groups excluding carboxylic acids is 1. The lowest BCUT2D eigenvalue weighted by Crippen LogP contribution is -2.54. The number of hydrogen-bond acceptors (Lipinski definition) is 2. The fourth-order valence-electron chi connectivity index (χ4n) is 1.53. The van der Waals surface area contributed by atoms with Crippen molar-refractivity contribution in [1.82, 2.24) is 10.2 Å². The van der Waals surface area contributed by atoms with Gasteiger partial charge in [-0.15, -0.1) is 0 Å². The van der Waals surface area contributed by atoms with Crippen molar-refractivity contribution in [3.63, 3.8) is 0 Å². The summed E-state index contributed by atoms with van der Waals surface area (Å²) in [5, 5.41) is 11.0. The molecule has 118 valence electrons. The van der Waals surface area contributed by atoms with Crippen molar-refractivity contribution in [3.8, 4) is 0 Å². The number of halogens is 3. The lowest BCUT2D eigenvalue weighted by molar-refractivity contribution is -0.143. The molecule has 0 aliphatic heterocycles. The molecular weight excluding hydrogens is 277 g/mol. The highest BCUT2D eigenvalue weighted by Crippen LogP contribution is 2.19. The van der Waals surface area contributed by atoms with Crippen molar-refractivity contribution >= 4 is 12.0 Å². The second-order valence-electron chi connectivity index (χ2n) is 5.54. The van der Waals surface area contributed by atoms with Crippen LogP contribution in [0.25, 0.3) is 0 Å². The molecule has 0 spiro atoms. The number of carbonyl (C=O) groups is 2. The van der Waals surface area contributed by atoms with Gasteiger partial charge in [0.05, 0.1) is 0 Å². The highest BCUT2D eigenvalue weighted by atomic mass is 19.4. The second-order valence-corrected chi connectivity index (χ2v) is 5.54. The van der Waals surface area contributed by atoms with E-state index in [1.165, 1.54) is 13.8 Å². The zero-order valence-corrected chi connectivity index (χ0v) is 12.0. The van der Waals surface area contributed by atoms with Gasteiger partial charge >= 0.3 is 18.2 Å². The van der Waals surface area contributed by atoms with E-state index in [1.807, 2.05) is 0 Å². The molecule has 0 rings (SSSR count). The minimum absolute atomic E-state index is 0.131. The SMILES string of the molecule is CC(C)N(CC(F)(F)F)C(=O)NC(C)(C)CCC(=O)O. The number of carboxylic acids is 1. The molecule has 0 aromatic heterocycles. The summed E-state index contributed by atoms with van der Waals surface area (Å²) in [6.45, 7) is 4.76. The lowest BCUT2D eigenvalue weighted by Gasteiger charge is -2.33. The Balaban J connectivity index is 4.71. The van der Waals surface area contributed by atoms with Gasteiger partial charge in [0, 0.05) is 18.0 Å². The molecule has 0 aromatic carbocycles. The van der Waals surface area contributed by atoms with E-state index in [2.05, 4.69) is 5.32 Å². The van der Waals surface area contributed by atoms with Gasteiger partial charge in [0.2, 0.25) is 0 Å². The van der Waals surface area contributed by atoms with Crippen molar-refractivity contribution in [2.24, 2.45) is 0 Å². The molecule has 0 heterocycles. The topological polar surface area (TPSA) is 69.6 Å². The quantitative estimate of drug-likeness (QED) is 0.792. The first-order valence-corrected chi connectivity index (χ1v) is 6.21. The minimum Gasteiger partial charge on any atom is -0.481 e. The molecule has 0 atom stereocenters. The van der Waals surface area contributed by atoms with Crippen molar-refractivity contribution in [3.05, 3.63) is 0 Å². The summed E-state index contributed by atoms with van der Waals surface area (Å²) in [4.78, 5) is 23.0. The molecule has 0 aliphatic rings.